The molecular formula is C29H27N5. The highest BCUT2D eigenvalue weighted by molar-refractivity contribution is 5.88. The molecule has 4 aromatic rings. The summed E-state index contributed by atoms with van der Waals surface area (Å²) in [5, 5.41) is 6.06. The molecule has 3 aliphatic carbocycles. The summed E-state index contributed by atoms with van der Waals surface area (Å²) in [6.45, 7) is 0. The van der Waals surface area contributed by atoms with E-state index in [2.05, 4.69) is 68.5 Å². The van der Waals surface area contributed by atoms with Crippen LogP contribution in [-0.4, -0.2) is 26.0 Å². The second kappa shape index (κ2) is 7.07. The number of nitrogens with one attached hydrogen (secondary N) is 3. The van der Waals surface area contributed by atoms with Crippen molar-refractivity contribution in [2.75, 3.05) is 0 Å². The Morgan fingerprint density at radius 3 is 2.47 bits per heavy atom. The van der Waals surface area contributed by atoms with E-state index < -0.39 is 0 Å². The lowest BCUT2D eigenvalue weighted by molar-refractivity contribution is 0.543. The van der Waals surface area contributed by atoms with E-state index in [4.69, 9.17) is 4.98 Å². The highest BCUT2D eigenvalue weighted by Gasteiger charge is 2.47. The number of fused-ring (bicyclic) bond motifs is 3. The fraction of sp³-hybridized carbons (Fsp3) is 0.379. The third-order valence-electron chi connectivity index (χ3n) is 8.52. The Labute approximate surface area is 198 Å². The Morgan fingerprint density at radius 2 is 1.59 bits per heavy atom. The molecule has 168 valence electrons. The lowest BCUT2D eigenvalue weighted by Crippen LogP contribution is -2.18. The average Bonchev–Trinajstić information content (AvgIpc) is 3.44. The predicted octanol–water partition coefficient (Wildman–Crippen LogP) is 5.29. The summed E-state index contributed by atoms with van der Waals surface area (Å²) in [6.07, 6.45) is 10.5. The summed E-state index contributed by atoms with van der Waals surface area (Å²) in [7, 11) is 0. The van der Waals surface area contributed by atoms with Crippen LogP contribution in [0.5, 0.6) is 0 Å². The van der Waals surface area contributed by atoms with Gasteiger partial charge >= 0.3 is 0 Å². The molecular weight excluding hydrogens is 418 g/mol. The Morgan fingerprint density at radius 1 is 0.735 bits per heavy atom. The number of hydrogen-bond donors (Lipinski definition) is 3. The first-order valence-corrected chi connectivity index (χ1v) is 12.7. The molecule has 3 saturated carbocycles. The Hall–Kier alpha value is -3.36. The van der Waals surface area contributed by atoms with Gasteiger partial charge in [-0.1, -0.05) is 24.1 Å². The van der Waals surface area contributed by atoms with Crippen LogP contribution in [0.1, 0.15) is 67.0 Å². The molecule has 1 saturated heterocycles. The molecule has 0 spiro atoms. The Balaban J connectivity index is 1.00. The average molecular weight is 446 g/mol. The molecule has 0 amide bonds. The van der Waals surface area contributed by atoms with E-state index in [0.29, 0.717) is 12.0 Å². The zero-order valence-electron chi connectivity index (χ0n) is 19.0. The van der Waals surface area contributed by atoms with Crippen molar-refractivity contribution in [3.8, 4) is 23.1 Å². The van der Waals surface area contributed by atoms with Gasteiger partial charge in [0.2, 0.25) is 0 Å². The first kappa shape index (κ1) is 19.0. The van der Waals surface area contributed by atoms with E-state index in [1.54, 1.807) is 0 Å². The number of benzene rings is 2. The van der Waals surface area contributed by atoms with Crippen LogP contribution < -0.4 is 5.32 Å². The maximum atomic E-state index is 4.72. The molecule has 34 heavy (non-hydrogen) atoms. The molecule has 2 unspecified atom stereocenters. The van der Waals surface area contributed by atoms with Gasteiger partial charge in [-0.05, 0) is 84.7 Å². The minimum atomic E-state index is 0.365. The molecule has 5 nitrogen and oxygen atoms in total. The van der Waals surface area contributed by atoms with Crippen molar-refractivity contribution >= 4 is 10.8 Å². The number of H-pyrrole nitrogens is 2. The molecule has 1 aliphatic heterocycles. The van der Waals surface area contributed by atoms with Gasteiger partial charge in [0, 0.05) is 23.1 Å². The fourth-order valence-electron chi connectivity index (χ4n) is 6.37. The van der Waals surface area contributed by atoms with Gasteiger partial charge in [-0.2, -0.15) is 0 Å². The lowest BCUT2D eigenvalue weighted by atomic mass is 10.0. The molecule has 3 heterocycles. The van der Waals surface area contributed by atoms with Crippen molar-refractivity contribution in [2.24, 2.45) is 17.8 Å². The van der Waals surface area contributed by atoms with Crippen LogP contribution >= 0.6 is 0 Å². The van der Waals surface area contributed by atoms with Gasteiger partial charge in [-0.25, -0.2) is 9.97 Å². The van der Waals surface area contributed by atoms with E-state index in [0.717, 1.165) is 46.6 Å². The molecule has 8 rings (SSSR count). The number of piperidine rings is 1. The zero-order chi connectivity index (χ0) is 22.2. The SMILES string of the molecule is C(#Cc1cnc(C2C[C@H]3C[C@H]3N2)[nH]1)c1ccc2cc(-c3cnc(C4C[C@@H]5C[C@@H]5C4)[nH]3)ccc2c1. The number of imidazole rings is 2. The quantitative estimate of drug-likeness (QED) is 0.375. The Kier molecular flexibility index (Phi) is 3.95. The van der Waals surface area contributed by atoms with Gasteiger partial charge in [0.25, 0.3) is 0 Å². The van der Waals surface area contributed by atoms with Gasteiger partial charge in [-0.15, -0.1) is 0 Å². The molecule has 5 heteroatoms. The normalized spacial score (nSPS) is 30.6. The second-order valence-corrected chi connectivity index (χ2v) is 10.9. The van der Waals surface area contributed by atoms with E-state index in [-0.39, 0.29) is 0 Å². The van der Waals surface area contributed by atoms with Crippen LogP contribution in [-0.2, 0) is 0 Å². The minimum absolute atomic E-state index is 0.365. The van der Waals surface area contributed by atoms with Crippen LogP contribution in [0, 0.1) is 29.6 Å². The number of aromatic nitrogens is 4. The predicted molar refractivity (Wildman–Crippen MR) is 132 cm³/mol. The highest BCUT2D eigenvalue weighted by Crippen LogP contribution is 2.57. The molecule has 2 aromatic heterocycles. The van der Waals surface area contributed by atoms with E-state index >= 15 is 0 Å². The highest BCUT2D eigenvalue weighted by atomic mass is 15.1. The summed E-state index contributed by atoms with van der Waals surface area (Å²) in [5.41, 5.74) is 4.20. The fourth-order valence-corrected chi connectivity index (χ4v) is 6.37. The van der Waals surface area contributed by atoms with Crippen molar-refractivity contribution in [1.82, 2.24) is 25.3 Å². The van der Waals surface area contributed by atoms with Crippen molar-refractivity contribution in [2.45, 2.75) is 50.1 Å². The minimum Gasteiger partial charge on any atom is -0.342 e. The standard InChI is InChI=1S/C29H27N5/c1-3-18-8-19(27-15-31-28(34-27)23-10-20-9-21(20)11-23)5-4-17(18)7-16(1)2-6-24-14-30-29(32-24)26-13-22-12-25(22)33-26/h1,3-5,7-8,14-15,20-23,25-26,33H,9-13H2,(H,30,32)(H,31,34)/t20-,21+,22-,23?,25-,26?/m1/s1. The molecule has 6 atom stereocenters. The number of aromatic amines is 2. The van der Waals surface area contributed by atoms with Crippen LogP contribution in [0.3, 0.4) is 0 Å². The summed E-state index contributed by atoms with van der Waals surface area (Å²) in [5.74, 6) is 12.2. The Bertz CT molecular complexity index is 1460. The molecule has 0 radical (unpaired) electrons. The largest absolute Gasteiger partial charge is 0.342 e. The van der Waals surface area contributed by atoms with Crippen LogP contribution in [0.4, 0.5) is 0 Å². The van der Waals surface area contributed by atoms with Crippen molar-refractivity contribution < 1.29 is 0 Å². The number of nitrogens with zero attached hydrogens (tertiary/aromatic N) is 2. The van der Waals surface area contributed by atoms with Crippen molar-refractivity contribution in [3.63, 3.8) is 0 Å². The van der Waals surface area contributed by atoms with Gasteiger partial charge in [-0.3, -0.25) is 0 Å². The summed E-state index contributed by atoms with van der Waals surface area (Å²) in [4.78, 5) is 16.3. The maximum absolute atomic E-state index is 4.72. The number of hydrogen-bond acceptors (Lipinski definition) is 3. The third kappa shape index (κ3) is 3.28. The molecule has 4 aliphatic rings. The lowest BCUT2D eigenvalue weighted by Gasteiger charge is -2.08. The topological polar surface area (TPSA) is 69.4 Å². The van der Waals surface area contributed by atoms with Gasteiger partial charge in [0.1, 0.15) is 17.3 Å². The summed E-state index contributed by atoms with van der Waals surface area (Å²) < 4.78 is 0. The molecule has 2 aromatic carbocycles. The van der Waals surface area contributed by atoms with E-state index in [1.165, 1.54) is 54.3 Å². The molecule has 0 bridgehead atoms. The zero-order valence-corrected chi connectivity index (χ0v) is 19.0. The van der Waals surface area contributed by atoms with Crippen molar-refractivity contribution in [3.05, 3.63) is 71.7 Å². The second-order valence-electron chi connectivity index (χ2n) is 10.9. The summed E-state index contributed by atoms with van der Waals surface area (Å²) in [6, 6.07) is 14.1. The van der Waals surface area contributed by atoms with E-state index in [1.807, 2.05) is 12.4 Å². The summed E-state index contributed by atoms with van der Waals surface area (Å²) >= 11 is 0. The molecule has 4 fully saturated rings. The van der Waals surface area contributed by atoms with Gasteiger partial charge in [0.15, 0.2) is 0 Å². The van der Waals surface area contributed by atoms with Crippen LogP contribution in [0.15, 0.2) is 48.8 Å². The van der Waals surface area contributed by atoms with Gasteiger partial charge < -0.3 is 15.3 Å². The van der Waals surface area contributed by atoms with Crippen LogP contribution in [0.25, 0.3) is 22.0 Å². The van der Waals surface area contributed by atoms with Crippen LogP contribution in [0.2, 0.25) is 0 Å². The van der Waals surface area contributed by atoms with E-state index in [9.17, 15) is 0 Å². The maximum Gasteiger partial charge on any atom is 0.124 e. The monoisotopic (exact) mass is 445 g/mol. The smallest absolute Gasteiger partial charge is 0.124 e. The van der Waals surface area contributed by atoms with Crippen molar-refractivity contribution in [1.29, 1.82) is 0 Å². The van der Waals surface area contributed by atoms with Gasteiger partial charge in [0.05, 0.1) is 24.1 Å². The number of rotatable bonds is 3. The first-order valence-electron chi connectivity index (χ1n) is 12.7. The molecule has 3 N–H and O–H groups in total. The first-order chi connectivity index (χ1) is 16.7. The third-order valence-corrected chi connectivity index (χ3v) is 8.52.